The third-order valence-corrected chi connectivity index (χ3v) is 3.74. The van der Waals surface area contributed by atoms with E-state index in [1.54, 1.807) is 6.92 Å². The van der Waals surface area contributed by atoms with Crippen molar-refractivity contribution in [2.45, 2.75) is 26.8 Å². The number of hydrogen-bond donors (Lipinski definition) is 4. The molecule has 0 radical (unpaired) electrons. The van der Waals surface area contributed by atoms with Crippen LogP contribution in [0.5, 0.6) is 0 Å². The summed E-state index contributed by atoms with van der Waals surface area (Å²) in [5.74, 6) is -0.343. The van der Waals surface area contributed by atoms with E-state index in [0.29, 0.717) is 29.4 Å². The summed E-state index contributed by atoms with van der Waals surface area (Å²) in [6, 6.07) is 0.262. The minimum Gasteiger partial charge on any atom is -0.478 e. The van der Waals surface area contributed by atoms with Crippen molar-refractivity contribution in [1.29, 1.82) is 0 Å². The molecule has 116 valence electrons. The molecule has 7 heteroatoms. The Morgan fingerprint density at radius 2 is 2.33 bits per heavy atom. The first-order chi connectivity index (χ1) is 9.97. The molecule has 0 saturated carbocycles. The van der Waals surface area contributed by atoms with E-state index in [2.05, 4.69) is 27.4 Å². The van der Waals surface area contributed by atoms with E-state index in [-0.39, 0.29) is 11.6 Å². The van der Waals surface area contributed by atoms with Crippen molar-refractivity contribution in [2.24, 2.45) is 0 Å². The van der Waals surface area contributed by atoms with Gasteiger partial charge in [-0.15, -0.1) is 0 Å². The SMILES string of the molecule is CCNc1c(N)c(N2CCNCC2C)nc(C)c1C(=O)O. The van der Waals surface area contributed by atoms with Crippen molar-refractivity contribution in [2.75, 3.05) is 42.1 Å². The highest BCUT2D eigenvalue weighted by Crippen LogP contribution is 2.34. The number of anilines is 3. The Balaban J connectivity index is 2.55. The molecule has 0 bridgehead atoms. The van der Waals surface area contributed by atoms with Gasteiger partial charge in [-0.1, -0.05) is 0 Å². The third-order valence-electron chi connectivity index (χ3n) is 3.74. The average Bonchev–Trinajstić information content (AvgIpc) is 2.43. The molecule has 1 saturated heterocycles. The van der Waals surface area contributed by atoms with Crippen LogP contribution in [0.4, 0.5) is 17.2 Å². The van der Waals surface area contributed by atoms with Crippen molar-refractivity contribution < 1.29 is 9.90 Å². The van der Waals surface area contributed by atoms with Gasteiger partial charge in [0.2, 0.25) is 0 Å². The second-order valence-corrected chi connectivity index (χ2v) is 5.27. The van der Waals surface area contributed by atoms with Crippen LogP contribution in [-0.4, -0.2) is 48.3 Å². The predicted molar refractivity (Wildman–Crippen MR) is 84.2 cm³/mol. The highest BCUT2D eigenvalue weighted by Gasteiger charge is 2.26. The maximum Gasteiger partial charge on any atom is 0.339 e. The van der Waals surface area contributed by atoms with Gasteiger partial charge < -0.3 is 26.4 Å². The number of nitrogens with two attached hydrogens (primary N) is 1. The lowest BCUT2D eigenvalue weighted by atomic mass is 10.1. The number of aryl methyl sites for hydroxylation is 1. The number of nitrogen functional groups attached to an aromatic ring is 1. The van der Waals surface area contributed by atoms with E-state index in [4.69, 9.17) is 5.73 Å². The Bertz CT molecular complexity index is 547. The zero-order valence-electron chi connectivity index (χ0n) is 12.7. The van der Waals surface area contributed by atoms with Crippen LogP contribution in [0.2, 0.25) is 0 Å². The first-order valence-corrected chi connectivity index (χ1v) is 7.22. The van der Waals surface area contributed by atoms with Crippen molar-refractivity contribution >= 4 is 23.2 Å². The van der Waals surface area contributed by atoms with Crippen LogP contribution in [0.3, 0.4) is 0 Å². The van der Waals surface area contributed by atoms with Gasteiger partial charge >= 0.3 is 5.97 Å². The van der Waals surface area contributed by atoms with Gasteiger partial charge in [-0.3, -0.25) is 0 Å². The van der Waals surface area contributed by atoms with Gasteiger partial charge in [0.05, 0.1) is 17.1 Å². The second kappa shape index (κ2) is 6.17. The number of nitrogens with zero attached hydrogens (tertiary/aromatic N) is 2. The number of carbonyl (C=O) groups is 1. The van der Waals surface area contributed by atoms with Crippen molar-refractivity contribution in [3.63, 3.8) is 0 Å². The number of aromatic carboxylic acids is 1. The average molecular weight is 293 g/mol. The lowest BCUT2D eigenvalue weighted by Gasteiger charge is -2.36. The number of nitrogens with one attached hydrogen (secondary N) is 2. The molecule has 2 rings (SSSR count). The summed E-state index contributed by atoms with van der Waals surface area (Å²) in [7, 11) is 0. The summed E-state index contributed by atoms with van der Waals surface area (Å²) < 4.78 is 0. The quantitative estimate of drug-likeness (QED) is 0.654. The molecule has 1 atom stereocenters. The van der Waals surface area contributed by atoms with Crippen LogP contribution >= 0.6 is 0 Å². The van der Waals surface area contributed by atoms with Gasteiger partial charge in [-0.05, 0) is 20.8 Å². The van der Waals surface area contributed by atoms with E-state index >= 15 is 0 Å². The summed E-state index contributed by atoms with van der Waals surface area (Å²) in [5.41, 5.74) is 7.73. The Morgan fingerprint density at radius 3 is 2.90 bits per heavy atom. The van der Waals surface area contributed by atoms with Gasteiger partial charge in [0.15, 0.2) is 5.82 Å². The number of hydrogen-bond acceptors (Lipinski definition) is 6. The monoisotopic (exact) mass is 293 g/mol. The molecule has 5 N–H and O–H groups in total. The Labute approximate surface area is 124 Å². The zero-order valence-corrected chi connectivity index (χ0v) is 12.7. The molecule has 1 aliphatic heterocycles. The molecule has 0 amide bonds. The normalized spacial score (nSPS) is 18.6. The molecule has 0 aliphatic carbocycles. The van der Waals surface area contributed by atoms with Gasteiger partial charge in [-0.25, -0.2) is 9.78 Å². The van der Waals surface area contributed by atoms with Crippen LogP contribution in [0.15, 0.2) is 0 Å². The van der Waals surface area contributed by atoms with Crippen LogP contribution in [0.1, 0.15) is 29.9 Å². The second-order valence-electron chi connectivity index (χ2n) is 5.27. The molecule has 1 aliphatic rings. The third kappa shape index (κ3) is 2.87. The zero-order chi connectivity index (χ0) is 15.6. The first kappa shape index (κ1) is 15.4. The smallest absolute Gasteiger partial charge is 0.339 e. The minimum absolute atomic E-state index is 0.154. The fourth-order valence-electron chi connectivity index (χ4n) is 2.70. The Hall–Kier alpha value is -2.02. The number of carboxylic acids is 1. The number of rotatable bonds is 4. The standard InChI is InChI=1S/C14H23N5O2/c1-4-17-12-10(14(20)21)9(3)18-13(11(12)15)19-6-5-16-7-8(19)2/h8,16H,4-7,15H2,1-3H3,(H,17,18)(H,20,21). The number of piperazine rings is 1. The summed E-state index contributed by atoms with van der Waals surface area (Å²) in [4.78, 5) is 18.1. The number of aromatic nitrogens is 1. The number of pyridine rings is 1. The summed E-state index contributed by atoms with van der Waals surface area (Å²) in [6.45, 7) is 8.84. The predicted octanol–water partition coefficient (Wildman–Crippen LogP) is 0.900. The number of carboxylic acid groups (broad SMARTS) is 1. The summed E-state index contributed by atoms with van der Waals surface area (Å²) in [5, 5.41) is 15.8. The fourth-order valence-corrected chi connectivity index (χ4v) is 2.70. The fraction of sp³-hybridized carbons (Fsp3) is 0.571. The Kier molecular flexibility index (Phi) is 4.52. The van der Waals surface area contributed by atoms with Gasteiger partial charge in [0.25, 0.3) is 0 Å². The van der Waals surface area contributed by atoms with Crippen molar-refractivity contribution in [1.82, 2.24) is 10.3 Å². The van der Waals surface area contributed by atoms with Gasteiger partial charge in [0, 0.05) is 32.2 Å². The van der Waals surface area contributed by atoms with E-state index in [1.165, 1.54) is 0 Å². The first-order valence-electron chi connectivity index (χ1n) is 7.22. The molecule has 2 heterocycles. The molecule has 21 heavy (non-hydrogen) atoms. The lowest BCUT2D eigenvalue weighted by Crippen LogP contribution is -2.50. The topological polar surface area (TPSA) is 104 Å². The molecule has 1 unspecified atom stereocenters. The van der Waals surface area contributed by atoms with E-state index in [1.807, 2.05) is 6.92 Å². The highest BCUT2D eigenvalue weighted by molar-refractivity contribution is 6.00. The van der Waals surface area contributed by atoms with Crippen molar-refractivity contribution in [3.8, 4) is 0 Å². The largest absolute Gasteiger partial charge is 0.478 e. The van der Waals surface area contributed by atoms with Gasteiger partial charge in [-0.2, -0.15) is 0 Å². The highest BCUT2D eigenvalue weighted by atomic mass is 16.4. The molecule has 1 fully saturated rings. The molecular weight excluding hydrogens is 270 g/mol. The molecule has 0 aromatic carbocycles. The van der Waals surface area contributed by atoms with Crippen LogP contribution < -0.4 is 21.3 Å². The van der Waals surface area contributed by atoms with E-state index in [9.17, 15) is 9.90 Å². The molecule has 0 spiro atoms. The van der Waals surface area contributed by atoms with Crippen LogP contribution in [0.25, 0.3) is 0 Å². The van der Waals surface area contributed by atoms with Crippen LogP contribution in [-0.2, 0) is 0 Å². The van der Waals surface area contributed by atoms with Crippen molar-refractivity contribution in [3.05, 3.63) is 11.3 Å². The minimum atomic E-state index is -1.01. The van der Waals surface area contributed by atoms with E-state index < -0.39 is 5.97 Å². The maximum absolute atomic E-state index is 11.5. The molecule has 1 aromatic heterocycles. The maximum atomic E-state index is 11.5. The van der Waals surface area contributed by atoms with E-state index in [0.717, 1.165) is 19.6 Å². The Morgan fingerprint density at radius 1 is 1.62 bits per heavy atom. The lowest BCUT2D eigenvalue weighted by molar-refractivity contribution is 0.0696. The molecule has 1 aromatic rings. The summed E-state index contributed by atoms with van der Waals surface area (Å²) >= 11 is 0. The molecular formula is C14H23N5O2. The van der Waals surface area contributed by atoms with Gasteiger partial charge in [0.1, 0.15) is 5.56 Å². The molecule has 7 nitrogen and oxygen atoms in total. The summed E-state index contributed by atoms with van der Waals surface area (Å²) in [6.07, 6.45) is 0. The van der Waals surface area contributed by atoms with Crippen LogP contribution in [0, 0.1) is 6.92 Å².